The van der Waals surface area contributed by atoms with Crippen molar-refractivity contribution in [3.63, 3.8) is 0 Å². The van der Waals surface area contributed by atoms with Gasteiger partial charge < -0.3 is 14.4 Å². The van der Waals surface area contributed by atoms with E-state index in [0.29, 0.717) is 29.6 Å². The average molecular weight is 538 g/mol. The standard InChI is InChI=1S/C28H31N3O4S2/c1-18-4-6-21(7-5-18)26(32)31(12-14-34-2)23-16-24(37-25(23)27(33)35-3)20-10-8-19(9-11-20)22-17-30-13-15-36-28(30)29-22/h8-11,13,15-18,21H,4-7,12,14H2,1-3H3. The summed E-state index contributed by atoms with van der Waals surface area (Å²) in [5.74, 6) is 0.240. The number of anilines is 1. The Morgan fingerprint density at radius 2 is 1.84 bits per heavy atom. The van der Waals surface area contributed by atoms with Crippen LogP contribution in [0.5, 0.6) is 0 Å². The number of thiazole rings is 1. The lowest BCUT2D eigenvalue weighted by Gasteiger charge is -2.31. The highest BCUT2D eigenvalue weighted by atomic mass is 32.1. The first-order valence-electron chi connectivity index (χ1n) is 12.5. The van der Waals surface area contributed by atoms with E-state index in [-0.39, 0.29) is 11.8 Å². The number of rotatable bonds is 8. The first-order chi connectivity index (χ1) is 18.0. The van der Waals surface area contributed by atoms with Crippen molar-refractivity contribution in [2.24, 2.45) is 11.8 Å². The summed E-state index contributed by atoms with van der Waals surface area (Å²) in [5, 5.41) is 2.01. The number of hydrogen-bond donors (Lipinski definition) is 0. The second-order valence-corrected chi connectivity index (χ2v) is 11.5. The Balaban J connectivity index is 1.46. The van der Waals surface area contributed by atoms with Gasteiger partial charge in [0.15, 0.2) is 4.96 Å². The smallest absolute Gasteiger partial charge is 0.350 e. The maximum Gasteiger partial charge on any atom is 0.350 e. The first kappa shape index (κ1) is 25.6. The third-order valence-corrected chi connectivity index (χ3v) is 9.01. The minimum Gasteiger partial charge on any atom is -0.465 e. The molecule has 3 heterocycles. The summed E-state index contributed by atoms with van der Waals surface area (Å²) in [4.78, 5) is 35.2. The number of hydrogen-bond acceptors (Lipinski definition) is 7. The van der Waals surface area contributed by atoms with E-state index in [0.717, 1.165) is 52.3 Å². The predicted octanol–water partition coefficient (Wildman–Crippen LogP) is 6.38. The monoisotopic (exact) mass is 537 g/mol. The molecule has 5 rings (SSSR count). The quantitative estimate of drug-likeness (QED) is 0.244. The van der Waals surface area contributed by atoms with Gasteiger partial charge in [-0.3, -0.25) is 9.20 Å². The van der Waals surface area contributed by atoms with E-state index in [1.807, 2.05) is 52.5 Å². The van der Waals surface area contributed by atoms with Crippen LogP contribution in [0.1, 0.15) is 42.3 Å². The van der Waals surface area contributed by atoms with Gasteiger partial charge in [-0.15, -0.1) is 22.7 Å². The second-order valence-electron chi connectivity index (χ2n) is 9.55. The molecule has 0 bridgehead atoms. The fraction of sp³-hybridized carbons (Fsp3) is 0.393. The van der Waals surface area contributed by atoms with Crippen molar-refractivity contribution in [3.05, 3.63) is 53.0 Å². The van der Waals surface area contributed by atoms with E-state index in [2.05, 4.69) is 11.9 Å². The van der Waals surface area contributed by atoms with Crippen molar-refractivity contribution in [2.75, 3.05) is 32.3 Å². The number of thiophene rings is 1. The van der Waals surface area contributed by atoms with Crippen LogP contribution in [0.2, 0.25) is 0 Å². The van der Waals surface area contributed by atoms with Gasteiger partial charge in [-0.05, 0) is 43.2 Å². The third kappa shape index (κ3) is 5.35. The summed E-state index contributed by atoms with van der Waals surface area (Å²) < 4.78 is 12.4. The Labute approximate surface area is 224 Å². The maximum absolute atomic E-state index is 13.7. The summed E-state index contributed by atoms with van der Waals surface area (Å²) in [7, 11) is 3.00. The van der Waals surface area contributed by atoms with Crippen molar-refractivity contribution in [1.82, 2.24) is 9.38 Å². The predicted molar refractivity (Wildman–Crippen MR) is 149 cm³/mol. The van der Waals surface area contributed by atoms with E-state index in [9.17, 15) is 9.59 Å². The normalized spacial score (nSPS) is 17.7. The van der Waals surface area contributed by atoms with Gasteiger partial charge in [0.25, 0.3) is 0 Å². The lowest BCUT2D eigenvalue weighted by atomic mass is 9.82. The largest absolute Gasteiger partial charge is 0.465 e. The number of fused-ring (bicyclic) bond motifs is 1. The molecule has 0 atom stereocenters. The number of carbonyl (C=O) groups excluding carboxylic acids is 2. The molecule has 1 fully saturated rings. The first-order valence-corrected chi connectivity index (χ1v) is 14.2. The van der Waals surface area contributed by atoms with Crippen LogP contribution in [0.3, 0.4) is 0 Å². The summed E-state index contributed by atoms with van der Waals surface area (Å²) in [5.41, 5.74) is 3.51. The van der Waals surface area contributed by atoms with Gasteiger partial charge in [0.1, 0.15) is 4.88 Å². The van der Waals surface area contributed by atoms with Crippen molar-refractivity contribution < 1.29 is 19.1 Å². The van der Waals surface area contributed by atoms with Crippen LogP contribution in [0, 0.1) is 11.8 Å². The Kier molecular flexibility index (Phi) is 7.73. The number of ether oxygens (including phenoxy) is 2. The number of imidazole rings is 1. The molecule has 1 saturated carbocycles. The van der Waals surface area contributed by atoms with Gasteiger partial charge in [0, 0.05) is 47.8 Å². The molecule has 4 aromatic rings. The Hall–Kier alpha value is -3.01. The van der Waals surface area contributed by atoms with Crippen LogP contribution < -0.4 is 4.90 Å². The van der Waals surface area contributed by atoms with Crippen LogP contribution >= 0.6 is 22.7 Å². The van der Waals surface area contributed by atoms with E-state index in [1.165, 1.54) is 18.4 Å². The molecule has 1 aromatic carbocycles. The molecule has 1 aliphatic rings. The van der Waals surface area contributed by atoms with Gasteiger partial charge in [-0.25, -0.2) is 9.78 Å². The molecule has 9 heteroatoms. The molecular weight excluding hydrogens is 506 g/mol. The number of aromatic nitrogens is 2. The highest BCUT2D eigenvalue weighted by Crippen LogP contribution is 2.40. The minimum absolute atomic E-state index is 0.0364. The maximum atomic E-state index is 13.7. The van der Waals surface area contributed by atoms with Crippen LogP contribution in [0.15, 0.2) is 48.1 Å². The van der Waals surface area contributed by atoms with Crippen LogP contribution in [0.25, 0.3) is 26.7 Å². The molecule has 1 amide bonds. The van der Waals surface area contributed by atoms with Crippen molar-refractivity contribution in [2.45, 2.75) is 32.6 Å². The molecular formula is C28H31N3O4S2. The lowest BCUT2D eigenvalue weighted by Crippen LogP contribution is -2.40. The molecule has 0 radical (unpaired) electrons. The van der Waals surface area contributed by atoms with E-state index >= 15 is 0 Å². The van der Waals surface area contributed by atoms with E-state index in [4.69, 9.17) is 9.47 Å². The number of methoxy groups -OCH3 is 2. The van der Waals surface area contributed by atoms with E-state index < -0.39 is 5.97 Å². The number of carbonyl (C=O) groups is 2. The Bertz CT molecular complexity index is 1350. The van der Waals surface area contributed by atoms with Gasteiger partial charge >= 0.3 is 5.97 Å². The van der Waals surface area contributed by atoms with Crippen LogP contribution in [-0.2, 0) is 14.3 Å². The fourth-order valence-corrected chi connectivity index (χ4v) is 6.68. The van der Waals surface area contributed by atoms with Crippen molar-refractivity contribution >= 4 is 45.2 Å². The Morgan fingerprint density at radius 1 is 1.11 bits per heavy atom. The molecule has 0 aliphatic heterocycles. The van der Waals surface area contributed by atoms with Crippen molar-refractivity contribution in [3.8, 4) is 21.7 Å². The van der Waals surface area contributed by atoms with Gasteiger partial charge in [-0.1, -0.05) is 31.2 Å². The molecule has 194 valence electrons. The zero-order valence-corrected chi connectivity index (χ0v) is 22.9. The third-order valence-electron chi connectivity index (χ3n) is 7.08. The summed E-state index contributed by atoms with van der Waals surface area (Å²) >= 11 is 2.95. The fourth-order valence-electron chi connectivity index (χ4n) is 4.89. The van der Waals surface area contributed by atoms with Gasteiger partial charge in [0.05, 0.1) is 25.1 Å². The molecule has 0 unspecified atom stereocenters. The second kappa shape index (κ2) is 11.2. The Morgan fingerprint density at radius 3 is 2.51 bits per heavy atom. The molecule has 0 saturated heterocycles. The van der Waals surface area contributed by atoms with Crippen LogP contribution in [-0.4, -0.2) is 48.6 Å². The summed E-state index contributed by atoms with van der Waals surface area (Å²) in [6.45, 7) is 3.01. The zero-order chi connectivity index (χ0) is 25.9. The SMILES string of the molecule is COCCN(C(=O)C1CCC(C)CC1)c1cc(-c2ccc(-c3cn4ccsc4n3)cc2)sc1C(=O)OC. The van der Waals surface area contributed by atoms with Crippen molar-refractivity contribution in [1.29, 1.82) is 0 Å². The number of amides is 1. The average Bonchev–Trinajstić information content (AvgIpc) is 3.64. The van der Waals surface area contributed by atoms with Crippen LogP contribution in [0.4, 0.5) is 5.69 Å². The van der Waals surface area contributed by atoms with E-state index in [1.54, 1.807) is 23.3 Å². The molecule has 0 spiro atoms. The number of esters is 1. The molecule has 3 aromatic heterocycles. The molecule has 37 heavy (non-hydrogen) atoms. The topological polar surface area (TPSA) is 73.1 Å². The zero-order valence-electron chi connectivity index (χ0n) is 21.3. The molecule has 7 nitrogen and oxygen atoms in total. The molecule has 1 aliphatic carbocycles. The highest BCUT2D eigenvalue weighted by molar-refractivity contribution is 7.18. The minimum atomic E-state index is -0.437. The number of benzene rings is 1. The van der Waals surface area contributed by atoms with Gasteiger partial charge in [0.2, 0.25) is 5.91 Å². The number of nitrogens with zero attached hydrogens (tertiary/aromatic N) is 3. The lowest BCUT2D eigenvalue weighted by molar-refractivity contribution is -0.123. The summed E-state index contributed by atoms with van der Waals surface area (Å²) in [6, 6.07) is 10.1. The van der Waals surface area contributed by atoms with Gasteiger partial charge in [-0.2, -0.15) is 0 Å². The highest BCUT2D eigenvalue weighted by Gasteiger charge is 2.32. The summed E-state index contributed by atoms with van der Waals surface area (Å²) in [6.07, 6.45) is 7.87. The molecule has 0 N–H and O–H groups in total.